The molecule has 126 valence electrons. The normalized spacial score (nSPS) is 12.1. The van der Waals surface area contributed by atoms with E-state index >= 15 is 0 Å². The van der Waals surface area contributed by atoms with Gasteiger partial charge in [0.1, 0.15) is 9.84 Å². The predicted octanol–water partition coefficient (Wildman–Crippen LogP) is 2.71. The van der Waals surface area contributed by atoms with Crippen LogP contribution in [0.3, 0.4) is 0 Å². The predicted molar refractivity (Wildman–Crippen MR) is 99.6 cm³/mol. The number of thioether (sulfide) groups is 1. The Hall–Kier alpha value is -1.86. The molecule has 3 rings (SSSR count). The molecule has 0 saturated heterocycles. The first kappa shape index (κ1) is 17.0. The summed E-state index contributed by atoms with van der Waals surface area (Å²) < 4.78 is 24.2. The van der Waals surface area contributed by atoms with Crippen molar-refractivity contribution in [2.45, 2.75) is 18.6 Å². The van der Waals surface area contributed by atoms with Crippen LogP contribution >= 0.6 is 11.8 Å². The Morgan fingerprint density at radius 2 is 1.83 bits per heavy atom. The Morgan fingerprint density at radius 1 is 1.17 bits per heavy atom. The van der Waals surface area contributed by atoms with E-state index in [-0.39, 0.29) is 11.3 Å². The summed E-state index contributed by atoms with van der Waals surface area (Å²) in [6.45, 7) is 2.38. The summed E-state index contributed by atoms with van der Waals surface area (Å²) in [5.41, 5.74) is 0.556. The van der Waals surface area contributed by atoms with Gasteiger partial charge < -0.3 is 0 Å². The smallest absolute Gasteiger partial charge is 0.262 e. The molecule has 0 atom stereocenters. The molecule has 5 nitrogen and oxygen atoms in total. The van der Waals surface area contributed by atoms with Gasteiger partial charge in [0.15, 0.2) is 5.16 Å². The summed E-state index contributed by atoms with van der Waals surface area (Å²) in [5.74, 6) is 0.442. The Kier molecular flexibility index (Phi) is 4.64. The minimum absolute atomic E-state index is 0.0625. The molecule has 24 heavy (non-hydrogen) atoms. The number of nitrogens with zero attached hydrogens (tertiary/aromatic N) is 2. The number of aromatic nitrogens is 2. The van der Waals surface area contributed by atoms with Crippen LogP contribution in [0.1, 0.15) is 6.92 Å². The third-order valence-corrected chi connectivity index (χ3v) is 5.97. The first-order valence-electron chi connectivity index (χ1n) is 7.63. The number of sulfone groups is 1. The summed E-state index contributed by atoms with van der Waals surface area (Å²) in [6, 6.07) is 11.6. The molecule has 0 radical (unpaired) electrons. The van der Waals surface area contributed by atoms with Crippen molar-refractivity contribution in [2.75, 3.05) is 17.8 Å². The topological polar surface area (TPSA) is 69.0 Å². The lowest BCUT2D eigenvalue weighted by Crippen LogP contribution is -2.22. The average molecular weight is 362 g/mol. The minimum atomic E-state index is -3.03. The highest BCUT2D eigenvalue weighted by Gasteiger charge is 2.12. The van der Waals surface area contributed by atoms with Crippen LogP contribution in [0.15, 0.2) is 46.3 Å². The molecule has 2 aromatic carbocycles. The van der Waals surface area contributed by atoms with E-state index < -0.39 is 9.84 Å². The van der Waals surface area contributed by atoms with Crippen LogP contribution < -0.4 is 5.56 Å². The molecule has 0 bridgehead atoms. The van der Waals surface area contributed by atoms with Crippen LogP contribution in [0.2, 0.25) is 0 Å². The number of rotatable bonds is 5. The van der Waals surface area contributed by atoms with Gasteiger partial charge in [0.05, 0.1) is 16.7 Å². The van der Waals surface area contributed by atoms with E-state index in [0.29, 0.717) is 28.4 Å². The molecule has 0 amide bonds. The molecule has 3 aromatic rings. The van der Waals surface area contributed by atoms with Gasteiger partial charge in [-0.1, -0.05) is 36.0 Å². The van der Waals surface area contributed by atoms with Crippen molar-refractivity contribution in [3.63, 3.8) is 0 Å². The van der Waals surface area contributed by atoms with Crippen molar-refractivity contribution in [2.24, 2.45) is 0 Å². The second-order valence-electron chi connectivity index (χ2n) is 5.64. The zero-order valence-electron chi connectivity index (χ0n) is 13.5. The van der Waals surface area contributed by atoms with E-state index in [0.717, 1.165) is 10.8 Å². The van der Waals surface area contributed by atoms with Gasteiger partial charge >= 0.3 is 0 Å². The molecule has 0 saturated carbocycles. The van der Waals surface area contributed by atoms with Gasteiger partial charge in [-0.05, 0) is 29.8 Å². The molecule has 0 fully saturated rings. The molecule has 0 aliphatic carbocycles. The largest absolute Gasteiger partial charge is 0.287 e. The third kappa shape index (κ3) is 3.47. The quantitative estimate of drug-likeness (QED) is 0.396. The molecule has 0 aliphatic rings. The number of fused-ring (bicyclic) bond motifs is 2. The van der Waals surface area contributed by atoms with Crippen molar-refractivity contribution in [3.8, 4) is 0 Å². The Morgan fingerprint density at radius 3 is 2.46 bits per heavy atom. The molecule has 0 unspecified atom stereocenters. The van der Waals surface area contributed by atoms with E-state index in [4.69, 9.17) is 0 Å². The molecule has 0 spiro atoms. The Balaban J connectivity index is 2.11. The van der Waals surface area contributed by atoms with Crippen molar-refractivity contribution < 1.29 is 8.42 Å². The van der Waals surface area contributed by atoms with Crippen molar-refractivity contribution in [1.29, 1.82) is 0 Å². The average Bonchev–Trinajstić information content (AvgIpc) is 2.52. The second kappa shape index (κ2) is 6.57. The van der Waals surface area contributed by atoms with Crippen molar-refractivity contribution >= 4 is 43.3 Å². The molecule has 7 heteroatoms. The van der Waals surface area contributed by atoms with Gasteiger partial charge in [-0.25, -0.2) is 13.4 Å². The van der Waals surface area contributed by atoms with Crippen molar-refractivity contribution in [1.82, 2.24) is 9.55 Å². The van der Waals surface area contributed by atoms with Gasteiger partial charge in [0.25, 0.3) is 5.56 Å². The first-order valence-corrected chi connectivity index (χ1v) is 10.7. The van der Waals surface area contributed by atoms with E-state index in [1.807, 2.05) is 43.3 Å². The minimum Gasteiger partial charge on any atom is -0.287 e. The summed E-state index contributed by atoms with van der Waals surface area (Å²) in [5, 5.41) is 3.18. The maximum atomic E-state index is 12.8. The van der Waals surface area contributed by atoms with Crippen LogP contribution in [0, 0.1) is 0 Å². The van der Waals surface area contributed by atoms with Gasteiger partial charge in [-0.2, -0.15) is 0 Å². The molecular weight excluding hydrogens is 344 g/mol. The Labute approximate surface area is 144 Å². The van der Waals surface area contributed by atoms with Crippen LogP contribution in [0.5, 0.6) is 0 Å². The number of hydrogen-bond acceptors (Lipinski definition) is 5. The van der Waals surface area contributed by atoms with Gasteiger partial charge in [-0.3, -0.25) is 9.36 Å². The molecule has 1 heterocycles. The zero-order chi connectivity index (χ0) is 17.3. The molecular formula is C17H18N2O3S2. The van der Waals surface area contributed by atoms with Crippen LogP contribution in [0.25, 0.3) is 21.7 Å². The SMILES string of the molecule is CCn1c(SCCS(C)(=O)=O)nc2cc3ccccc3cc2c1=O. The fraction of sp³-hybridized carbons (Fsp3) is 0.294. The molecule has 0 N–H and O–H groups in total. The fourth-order valence-corrected chi connectivity index (χ4v) is 4.82. The highest BCUT2D eigenvalue weighted by molar-refractivity contribution is 8.00. The standard InChI is InChI=1S/C17H18N2O3S2/c1-3-19-16(20)14-10-12-6-4-5-7-13(12)11-15(14)18-17(19)23-8-9-24(2,21)22/h4-7,10-11H,3,8-9H2,1-2H3. The second-order valence-corrected chi connectivity index (χ2v) is 8.96. The van der Waals surface area contributed by atoms with E-state index in [1.165, 1.54) is 18.0 Å². The summed E-state index contributed by atoms with van der Waals surface area (Å²) in [7, 11) is -3.03. The van der Waals surface area contributed by atoms with Gasteiger partial charge in [-0.15, -0.1) is 0 Å². The lowest BCUT2D eigenvalue weighted by atomic mass is 10.1. The van der Waals surface area contributed by atoms with E-state index in [9.17, 15) is 13.2 Å². The first-order chi connectivity index (χ1) is 11.4. The van der Waals surface area contributed by atoms with E-state index in [2.05, 4.69) is 4.98 Å². The van der Waals surface area contributed by atoms with Crippen LogP contribution in [0.4, 0.5) is 0 Å². The summed E-state index contributed by atoms with van der Waals surface area (Å²) in [6.07, 6.45) is 1.21. The Bertz CT molecular complexity index is 1070. The summed E-state index contributed by atoms with van der Waals surface area (Å²) >= 11 is 1.31. The van der Waals surface area contributed by atoms with Crippen molar-refractivity contribution in [3.05, 3.63) is 46.8 Å². The number of benzene rings is 2. The monoisotopic (exact) mass is 362 g/mol. The van der Waals surface area contributed by atoms with Crippen LogP contribution in [-0.2, 0) is 16.4 Å². The maximum Gasteiger partial charge on any atom is 0.262 e. The highest BCUT2D eigenvalue weighted by atomic mass is 32.2. The van der Waals surface area contributed by atoms with Gasteiger partial charge in [0, 0.05) is 18.6 Å². The maximum absolute atomic E-state index is 12.8. The molecule has 0 aliphatic heterocycles. The lowest BCUT2D eigenvalue weighted by molar-refractivity contribution is 0.603. The van der Waals surface area contributed by atoms with Crippen LogP contribution in [-0.4, -0.2) is 35.7 Å². The lowest BCUT2D eigenvalue weighted by Gasteiger charge is -2.11. The summed E-state index contributed by atoms with van der Waals surface area (Å²) in [4.78, 5) is 17.4. The number of hydrogen-bond donors (Lipinski definition) is 0. The van der Waals surface area contributed by atoms with Gasteiger partial charge in [0.2, 0.25) is 0 Å². The fourth-order valence-electron chi connectivity index (χ4n) is 2.56. The third-order valence-electron chi connectivity index (χ3n) is 3.79. The molecule has 1 aromatic heterocycles. The highest BCUT2D eigenvalue weighted by Crippen LogP contribution is 2.22. The zero-order valence-corrected chi connectivity index (χ0v) is 15.2. The van der Waals surface area contributed by atoms with E-state index in [1.54, 1.807) is 4.57 Å².